The van der Waals surface area contributed by atoms with Gasteiger partial charge in [-0.3, -0.25) is 0 Å². The van der Waals surface area contributed by atoms with Crippen molar-refractivity contribution >= 4 is 12.7 Å². The Hall–Kier alpha value is -0.805. The highest BCUT2D eigenvalue weighted by atomic mass is 16.7. The van der Waals surface area contributed by atoms with Crippen LogP contribution in [-0.4, -0.2) is 27.9 Å². The van der Waals surface area contributed by atoms with Crippen LogP contribution in [0.4, 0.5) is 0 Å². The molecular weight excluding hydrogens is 227 g/mol. The standard InChI is InChI=1S/C13H23BN2O2/c1-11(2,3)16-8-10(15-9-16)14-17-12(4,5)13(6,7)18-14/h8-9H,1-7H3. The first-order chi connectivity index (χ1) is 8.03. The number of hydrogen-bond donors (Lipinski definition) is 0. The van der Waals surface area contributed by atoms with E-state index in [0.717, 1.165) is 5.59 Å². The van der Waals surface area contributed by atoms with Crippen molar-refractivity contribution in [3.8, 4) is 0 Å². The van der Waals surface area contributed by atoms with Crippen LogP contribution in [0.1, 0.15) is 48.5 Å². The Bertz CT molecular complexity index is 430. The smallest absolute Gasteiger partial charge is 0.398 e. The zero-order valence-corrected chi connectivity index (χ0v) is 12.4. The van der Waals surface area contributed by atoms with Gasteiger partial charge in [-0.1, -0.05) is 0 Å². The van der Waals surface area contributed by atoms with E-state index in [0.29, 0.717) is 0 Å². The summed E-state index contributed by atoms with van der Waals surface area (Å²) in [6, 6.07) is 0. The molecule has 1 fully saturated rings. The van der Waals surface area contributed by atoms with Gasteiger partial charge in [0.05, 0.1) is 23.1 Å². The zero-order valence-electron chi connectivity index (χ0n) is 12.4. The van der Waals surface area contributed by atoms with Gasteiger partial charge in [0.2, 0.25) is 0 Å². The highest BCUT2D eigenvalue weighted by Crippen LogP contribution is 2.36. The second-order valence-electron chi connectivity index (χ2n) is 6.96. The van der Waals surface area contributed by atoms with Gasteiger partial charge >= 0.3 is 7.12 Å². The molecule has 2 heterocycles. The molecule has 0 unspecified atom stereocenters. The van der Waals surface area contributed by atoms with Gasteiger partial charge < -0.3 is 13.9 Å². The summed E-state index contributed by atoms with van der Waals surface area (Å²) < 4.78 is 14.0. The SMILES string of the molecule is CC(C)(C)n1cnc(B2OC(C)(C)C(C)(C)O2)c1. The molecule has 0 spiro atoms. The van der Waals surface area contributed by atoms with Gasteiger partial charge in [-0.2, -0.15) is 0 Å². The van der Waals surface area contributed by atoms with E-state index in [2.05, 4.69) is 30.3 Å². The molecule has 0 N–H and O–H groups in total. The van der Waals surface area contributed by atoms with Crippen LogP contribution in [0.3, 0.4) is 0 Å². The molecule has 100 valence electrons. The van der Waals surface area contributed by atoms with E-state index in [9.17, 15) is 0 Å². The van der Waals surface area contributed by atoms with Gasteiger partial charge in [0.15, 0.2) is 0 Å². The molecule has 0 amide bonds. The molecule has 0 atom stereocenters. The summed E-state index contributed by atoms with van der Waals surface area (Å²) in [5.41, 5.74) is 0.227. The van der Waals surface area contributed by atoms with Crippen LogP contribution in [0.5, 0.6) is 0 Å². The molecule has 0 bridgehead atoms. The van der Waals surface area contributed by atoms with Gasteiger partial charge in [0.1, 0.15) is 0 Å². The van der Waals surface area contributed by atoms with Crippen LogP contribution in [0.15, 0.2) is 12.5 Å². The van der Waals surface area contributed by atoms with Gasteiger partial charge in [-0.05, 0) is 48.5 Å². The predicted octanol–water partition coefficient (Wildman–Crippen LogP) is 1.94. The average Bonchev–Trinajstić information content (AvgIpc) is 2.69. The molecule has 0 radical (unpaired) electrons. The highest BCUT2D eigenvalue weighted by Gasteiger charge is 2.52. The summed E-state index contributed by atoms with van der Waals surface area (Å²) in [5, 5.41) is 0. The summed E-state index contributed by atoms with van der Waals surface area (Å²) in [6.07, 6.45) is 3.84. The number of hydrogen-bond acceptors (Lipinski definition) is 3. The zero-order chi connectivity index (χ0) is 13.8. The summed E-state index contributed by atoms with van der Waals surface area (Å²) >= 11 is 0. The lowest BCUT2D eigenvalue weighted by atomic mass is 9.85. The predicted molar refractivity (Wildman–Crippen MR) is 72.9 cm³/mol. The van der Waals surface area contributed by atoms with Crippen LogP contribution in [0, 0.1) is 0 Å². The third-order valence-corrected chi connectivity index (χ3v) is 3.87. The number of rotatable bonds is 1. The second kappa shape index (κ2) is 3.84. The molecule has 2 rings (SSSR count). The van der Waals surface area contributed by atoms with E-state index in [1.165, 1.54) is 0 Å². The first-order valence-corrected chi connectivity index (χ1v) is 6.43. The lowest BCUT2D eigenvalue weighted by Gasteiger charge is -2.32. The molecule has 1 saturated heterocycles. The third kappa shape index (κ3) is 2.21. The highest BCUT2D eigenvalue weighted by molar-refractivity contribution is 6.61. The lowest BCUT2D eigenvalue weighted by Crippen LogP contribution is -2.41. The Balaban J connectivity index is 2.23. The molecule has 1 aliphatic rings. The topological polar surface area (TPSA) is 36.3 Å². The Labute approximate surface area is 110 Å². The molecule has 0 aromatic carbocycles. The van der Waals surface area contributed by atoms with Crippen molar-refractivity contribution in [1.82, 2.24) is 9.55 Å². The van der Waals surface area contributed by atoms with Crippen molar-refractivity contribution < 1.29 is 9.31 Å². The average molecular weight is 250 g/mol. The lowest BCUT2D eigenvalue weighted by molar-refractivity contribution is 0.00578. The first kappa shape index (κ1) is 13.6. The fourth-order valence-electron chi connectivity index (χ4n) is 1.79. The summed E-state index contributed by atoms with van der Waals surface area (Å²) in [5.74, 6) is 0. The van der Waals surface area contributed by atoms with Crippen molar-refractivity contribution in [3.05, 3.63) is 12.5 Å². The van der Waals surface area contributed by atoms with Gasteiger partial charge in [-0.15, -0.1) is 0 Å². The number of nitrogens with zero attached hydrogens (tertiary/aromatic N) is 2. The monoisotopic (exact) mass is 250 g/mol. The van der Waals surface area contributed by atoms with Gasteiger partial charge in [0.25, 0.3) is 0 Å². The van der Waals surface area contributed by atoms with Gasteiger partial charge in [0, 0.05) is 11.7 Å². The number of imidazole rings is 1. The van der Waals surface area contributed by atoms with E-state index in [-0.39, 0.29) is 23.9 Å². The molecule has 18 heavy (non-hydrogen) atoms. The van der Waals surface area contributed by atoms with Crippen molar-refractivity contribution in [2.24, 2.45) is 0 Å². The second-order valence-corrected chi connectivity index (χ2v) is 6.96. The fourth-order valence-corrected chi connectivity index (χ4v) is 1.79. The quantitative estimate of drug-likeness (QED) is 0.714. The van der Waals surface area contributed by atoms with Crippen LogP contribution < -0.4 is 5.59 Å². The van der Waals surface area contributed by atoms with Crippen molar-refractivity contribution in [2.45, 2.75) is 65.2 Å². The minimum absolute atomic E-state index is 0.0227. The van der Waals surface area contributed by atoms with E-state index < -0.39 is 0 Å². The molecule has 0 saturated carbocycles. The molecule has 5 heteroatoms. The maximum atomic E-state index is 5.98. The van der Waals surface area contributed by atoms with Crippen molar-refractivity contribution in [2.75, 3.05) is 0 Å². The van der Waals surface area contributed by atoms with Crippen LogP contribution >= 0.6 is 0 Å². The molecule has 1 aliphatic heterocycles. The Kier molecular flexibility index (Phi) is 2.91. The Morgan fingerprint density at radius 3 is 2.00 bits per heavy atom. The largest absolute Gasteiger partial charge is 0.516 e. The molecular formula is C13H23BN2O2. The first-order valence-electron chi connectivity index (χ1n) is 6.43. The fraction of sp³-hybridized carbons (Fsp3) is 0.769. The minimum atomic E-state index is -0.376. The Morgan fingerprint density at radius 1 is 1.11 bits per heavy atom. The maximum absolute atomic E-state index is 5.98. The molecule has 1 aromatic rings. The van der Waals surface area contributed by atoms with Crippen molar-refractivity contribution in [1.29, 1.82) is 0 Å². The van der Waals surface area contributed by atoms with Crippen LogP contribution in [-0.2, 0) is 14.8 Å². The summed E-state index contributed by atoms with van der Waals surface area (Å²) in [4.78, 5) is 4.41. The summed E-state index contributed by atoms with van der Waals surface area (Å²) in [7, 11) is -0.376. The molecule has 0 aliphatic carbocycles. The Morgan fingerprint density at radius 2 is 1.61 bits per heavy atom. The normalized spacial score (nSPS) is 22.5. The van der Waals surface area contributed by atoms with Gasteiger partial charge in [-0.25, -0.2) is 4.98 Å². The maximum Gasteiger partial charge on any atom is 0.516 e. The third-order valence-electron chi connectivity index (χ3n) is 3.87. The van der Waals surface area contributed by atoms with Crippen LogP contribution in [0.25, 0.3) is 0 Å². The van der Waals surface area contributed by atoms with E-state index in [4.69, 9.17) is 9.31 Å². The van der Waals surface area contributed by atoms with E-state index >= 15 is 0 Å². The van der Waals surface area contributed by atoms with E-state index in [1.807, 2.05) is 40.2 Å². The molecule has 4 nitrogen and oxygen atoms in total. The van der Waals surface area contributed by atoms with E-state index in [1.54, 1.807) is 0 Å². The minimum Gasteiger partial charge on any atom is -0.398 e. The van der Waals surface area contributed by atoms with Crippen molar-refractivity contribution in [3.63, 3.8) is 0 Å². The summed E-state index contributed by atoms with van der Waals surface area (Å²) in [6.45, 7) is 14.6. The number of aromatic nitrogens is 2. The molecule has 1 aromatic heterocycles. The van der Waals surface area contributed by atoms with Crippen LogP contribution in [0.2, 0.25) is 0 Å².